The van der Waals surface area contributed by atoms with E-state index in [4.69, 9.17) is 21.9 Å². The Morgan fingerprint density at radius 2 is 1.97 bits per heavy atom. The second kappa shape index (κ2) is 9.48. The average Bonchev–Trinajstić information content (AvgIpc) is 3.33. The van der Waals surface area contributed by atoms with Gasteiger partial charge >= 0.3 is 0 Å². The standard InChI is InChI=1S/C25H29N5O3/c1-33-22-7-3-2-6-18(22)23(27)20-12-16(13-29-24(20)28)15-8-9-21(26)19(11-15)25(32)30-10-4-5-17(30)14-31/h2-3,6-9,11-13,17,23,31H,4-5,10,14,26-27H2,1H3,(H2,28,29)/t17-,23?/m0/s1. The van der Waals surface area contributed by atoms with Crippen molar-refractivity contribution in [1.82, 2.24) is 9.88 Å². The maximum Gasteiger partial charge on any atom is 0.256 e. The van der Waals surface area contributed by atoms with Crippen LogP contribution in [0.2, 0.25) is 0 Å². The molecule has 0 spiro atoms. The molecular weight excluding hydrogens is 418 g/mol. The van der Waals surface area contributed by atoms with Crippen LogP contribution in [0.25, 0.3) is 11.1 Å². The van der Waals surface area contributed by atoms with Gasteiger partial charge in [0.2, 0.25) is 0 Å². The van der Waals surface area contributed by atoms with Crippen molar-refractivity contribution in [2.75, 3.05) is 31.7 Å². The average molecular weight is 448 g/mol. The highest BCUT2D eigenvalue weighted by Crippen LogP contribution is 2.33. The normalized spacial score (nSPS) is 16.6. The van der Waals surface area contributed by atoms with Crippen LogP contribution in [-0.4, -0.2) is 47.2 Å². The molecule has 3 aromatic rings. The van der Waals surface area contributed by atoms with Crippen LogP contribution in [-0.2, 0) is 0 Å². The molecule has 1 fully saturated rings. The molecule has 1 saturated heterocycles. The maximum atomic E-state index is 13.2. The second-order valence-corrected chi connectivity index (χ2v) is 8.20. The van der Waals surface area contributed by atoms with Gasteiger partial charge in [0.15, 0.2) is 0 Å². The molecule has 1 aliphatic rings. The van der Waals surface area contributed by atoms with Crippen LogP contribution < -0.4 is 21.9 Å². The van der Waals surface area contributed by atoms with Crippen molar-refractivity contribution in [2.24, 2.45) is 5.73 Å². The minimum absolute atomic E-state index is 0.0581. The van der Waals surface area contributed by atoms with E-state index < -0.39 is 6.04 Å². The first-order valence-corrected chi connectivity index (χ1v) is 10.9. The lowest BCUT2D eigenvalue weighted by Gasteiger charge is -2.24. The third-order valence-electron chi connectivity index (χ3n) is 6.22. The molecule has 4 rings (SSSR count). The molecule has 7 N–H and O–H groups in total. The molecule has 1 aliphatic heterocycles. The first-order valence-electron chi connectivity index (χ1n) is 10.9. The van der Waals surface area contributed by atoms with Gasteiger partial charge in [-0.2, -0.15) is 0 Å². The predicted molar refractivity (Wildman–Crippen MR) is 129 cm³/mol. The number of methoxy groups -OCH3 is 1. The molecule has 172 valence electrons. The number of nitrogens with two attached hydrogens (primary N) is 3. The highest BCUT2D eigenvalue weighted by atomic mass is 16.5. The fraction of sp³-hybridized carbons (Fsp3) is 0.280. The number of nitrogen functional groups attached to an aromatic ring is 2. The zero-order valence-corrected chi connectivity index (χ0v) is 18.6. The Balaban J connectivity index is 1.70. The van der Waals surface area contributed by atoms with Gasteiger partial charge in [0.25, 0.3) is 5.91 Å². The molecular formula is C25H29N5O3. The molecule has 0 radical (unpaired) electrons. The summed E-state index contributed by atoms with van der Waals surface area (Å²) in [5, 5.41) is 9.61. The number of hydrogen-bond acceptors (Lipinski definition) is 7. The van der Waals surface area contributed by atoms with Crippen LogP contribution in [0.4, 0.5) is 11.5 Å². The van der Waals surface area contributed by atoms with Crippen LogP contribution in [0.3, 0.4) is 0 Å². The molecule has 2 aromatic carbocycles. The number of aliphatic hydroxyl groups is 1. The van der Waals surface area contributed by atoms with Gasteiger partial charge in [-0.05, 0) is 42.7 Å². The van der Waals surface area contributed by atoms with Crippen molar-refractivity contribution >= 4 is 17.4 Å². The minimum atomic E-state index is -0.543. The molecule has 0 saturated carbocycles. The van der Waals surface area contributed by atoms with E-state index in [1.54, 1.807) is 30.3 Å². The largest absolute Gasteiger partial charge is 0.496 e. The van der Waals surface area contributed by atoms with E-state index in [0.29, 0.717) is 34.9 Å². The number of ether oxygens (including phenoxy) is 1. The van der Waals surface area contributed by atoms with Crippen molar-refractivity contribution in [3.63, 3.8) is 0 Å². The Morgan fingerprint density at radius 3 is 2.73 bits per heavy atom. The number of rotatable bonds is 6. The number of likely N-dealkylation sites (tertiary alicyclic amines) is 1. The number of benzene rings is 2. The molecule has 1 aromatic heterocycles. The summed E-state index contributed by atoms with van der Waals surface area (Å²) in [6.45, 7) is 0.548. The second-order valence-electron chi connectivity index (χ2n) is 8.20. The van der Waals surface area contributed by atoms with Gasteiger partial charge in [-0.25, -0.2) is 4.98 Å². The Morgan fingerprint density at radius 1 is 1.18 bits per heavy atom. The first-order chi connectivity index (χ1) is 15.9. The van der Waals surface area contributed by atoms with Gasteiger partial charge in [0, 0.05) is 35.1 Å². The zero-order valence-electron chi connectivity index (χ0n) is 18.6. The van der Waals surface area contributed by atoms with Gasteiger partial charge in [-0.3, -0.25) is 4.79 Å². The molecule has 1 amide bonds. The fourth-order valence-corrected chi connectivity index (χ4v) is 4.36. The monoisotopic (exact) mass is 447 g/mol. The number of aliphatic hydroxyl groups excluding tert-OH is 1. The van der Waals surface area contributed by atoms with Crippen LogP contribution >= 0.6 is 0 Å². The lowest BCUT2D eigenvalue weighted by Crippen LogP contribution is -2.37. The first kappa shape index (κ1) is 22.6. The van der Waals surface area contributed by atoms with Crippen molar-refractivity contribution in [1.29, 1.82) is 0 Å². The summed E-state index contributed by atoms with van der Waals surface area (Å²) in [5.74, 6) is 0.811. The fourth-order valence-electron chi connectivity index (χ4n) is 4.36. The number of carbonyl (C=O) groups is 1. The summed E-state index contributed by atoms with van der Waals surface area (Å²) in [4.78, 5) is 19.2. The number of nitrogens with zero attached hydrogens (tertiary/aromatic N) is 2. The van der Waals surface area contributed by atoms with Crippen molar-refractivity contribution in [3.8, 4) is 16.9 Å². The van der Waals surface area contributed by atoms with Crippen LogP contribution in [0.15, 0.2) is 54.7 Å². The molecule has 0 bridgehead atoms. The van der Waals surface area contributed by atoms with E-state index in [1.165, 1.54) is 0 Å². The Hall–Kier alpha value is -3.62. The lowest BCUT2D eigenvalue weighted by atomic mass is 9.95. The lowest BCUT2D eigenvalue weighted by molar-refractivity contribution is 0.0678. The molecule has 2 atom stereocenters. The summed E-state index contributed by atoms with van der Waals surface area (Å²) in [6.07, 6.45) is 3.30. The summed E-state index contributed by atoms with van der Waals surface area (Å²) in [6, 6.07) is 14.0. The topological polar surface area (TPSA) is 141 Å². The smallest absolute Gasteiger partial charge is 0.256 e. The van der Waals surface area contributed by atoms with E-state index in [1.807, 2.05) is 36.4 Å². The summed E-state index contributed by atoms with van der Waals surface area (Å²) in [7, 11) is 1.60. The zero-order chi connectivity index (χ0) is 23.5. The number of para-hydroxylation sites is 1. The third kappa shape index (κ3) is 4.35. The van der Waals surface area contributed by atoms with Gasteiger partial charge in [-0.1, -0.05) is 24.3 Å². The summed E-state index contributed by atoms with van der Waals surface area (Å²) < 4.78 is 5.45. The van der Waals surface area contributed by atoms with Crippen molar-refractivity contribution in [2.45, 2.75) is 24.9 Å². The van der Waals surface area contributed by atoms with Crippen LogP contribution in [0.1, 0.15) is 40.4 Å². The van der Waals surface area contributed by atoms with E-state index in [0.717, 1.165) is 29.5 Å². The van der Waals surface area contributed by atoms with E-state index >= 15 is 0 Å². The number of anilines is 2. The number of hydrogen-bond donors (Lipinski definition) is 4. The highest BCUT2D eigenvalue weighted by molar-refractivity contribution is 6.00. The van der Waals surface area contributed by atoms with Gasteiger partial charge in [0.05, 0.1) is 31.4 Å². The molecule has 33 heavy (non-hydrogen) atoms. The van der Waals surface area contributed by atoms with Crippen LogP contribution in [0.5, 0.6) is 5.75 Å². The highest BCUT2D eigenvalue weighted by Gasteiger charge is 2.30. The Labute approximate surface area is 193 Å². The molecule has 1 unspecified atom stereocenters. The number of amides is 1. The Bertz CT molecular complexity index is 1170. The van der Waals surface area contributed by atoms with Gasteiger partial charge < -0.3 is 31.9 Å². The van der Waals surface area contributed by atoms with Crippen LogP contribution in [0, 0.1) is 0 Å². The molecule has 0 aliphatic carbocycles. The van der Waals surface area contributed by atoms with Gasteiger partial charge in [-0.15, -0.1) is 0 Å². The predicted octanol–water partition coefficient (Wildman–Crippen LogP) is 2.57. The van der Waals surface area contributed by atoms with Gasteiger partial charge in [0.1, 0.15) is 11.6 Å². The summed E-state index contributed by atoms with van der Waals surface area (Å²) >= 11 is 0. The van der Waals surface area contributed by atoms with E-state index in [2.05, 4.69) is 4.98 Å². The van der Waals surface area contributed by atoms with E-state index in [9.17, 15) is 9.90 Å². The quantitative estimate of drug-likeness (QED) is 0.426. The minimum Gasteiger partial charge on any atom is -0.496 e. The SMILES string of the molecule is COc1ccccc1C(N)c1cc(-c2ccc(N)c(C(=O)N3CCC[C@H]3CO)c2)cnc1N. The van der Waals surface area contributed by atoms with Crippen molar-refractivity contribution < 1.29 is 14.6 Å². The third-order valence-corrected chi connectivity index (χ3v) is 6.22. The molecule has 2 heterocycles. The van der Waals surface area contributed by atoms with E-state index in [-0.39, 0.29) is 18.6 Å². The molecule has 8 nitrogen and oxygen atoms in total. The number of pyridine rings is 1. The maximum absolute atomic E-state index is 13.2. The number of aromatic nitrogens is 1. The molecule has 8 heteroatoms. The summed E-state index contributed by atoms with van der Waals surface area (Å²) in [5.41, 5.74) is 22.7. The Kier molecular flexibility index (Phi) is 6.48. The van der Waals surface area contributed by atoms with Crippen molar-refractivity contribution in [3.05, 3.63) is 71.4 Å². The number of carbonyl (C=O) groups excluding carboxylic acids is 1.